The molecule has 6 nitrogen and oxygen atoms in total. The van der Waals surface area contributed by atoms with Crippen molar-refractivity contribution in [2.24, 2.45) is 0 Å². The number of carbonyl (C=O) groups excluding carboxylic acids is 1. The fraction of sp³-hybridized carbons (Fsp3) is 0.400. The minimum atomic E-state index is -0.422. The Hall–Kier alpha value is -2.31. The number of nitrogens with zero attached hydrogens (tertiary/aromatic N) is 1. The van der Waals surface area contributed by atoms with E-state index < -0.39 is 5.97 Å². The Morgan fingerprint density at radius 1 is 1.37 bits per heavy atom. The van der Waals surface area contributed by atoms with Crippen LogP contribution < -0.4 is 15.4 Å². The Kier molecular flexibility index (Phi) is 6.19. The third kappa shape index (κ3) is 4.70. The molecule has 1 fully saturated rings. The predicted molar refractivity (Wildman–Crippen MR) is 106 cm³/mol. The molecule has 0 saturated carbocycles. The van der Waals surface area contributed by atoms with Crippen molar-refractivity contribution in [2.75, 3.05) is 32.1 Å². The number of hydrogen-bond acceptors (Lipinski definition) is 6. The highest BCUT2D eigenvalue weighted by Crippen LogP contribution is 2.30. The van der Waals surface area contributed by atoms with Gasteiger partial charge in [-0.25, -0.2) is 9.78 Å². The van der Waals surface area contributed by atoms with Crippen LogP contribution in [0.5, 0.6) is 5.75 Å². The lowest BCUT2D eigenvalue weighted by molar-refractivity contribution is 0.0526. The van der Waals surface area contributed by atoms with Gasteiger partial charge in [0.25, 0.3) is 0 Å². The molecule has 2 aromatic rings. The van der Waals surface area contributed by atoms with E-state index in [9.17, 15) is 4.79 Å². The molecule has 27 heavy (non-hydrogen) atoms. The van der Waals surface area contributed by atoms with Gasteiger partial charge in [0.05, 0.1) is 29.8 Å². The van der Waals surface area contributed by atoms with E-state index in [1.54, 1.807) is 20.1 Å². The van der Waals surface area contributed by atoms with Crippen LogP contribution in [0.15, 0.2) is 36.5 Å². The fourth-order valence-electron chi connectivity index (χ4n) is 3.29. The number of benzene rings is 1. The van der Waals surface area contributed by atoms with Crippen LogP contribution in [-0.4, -0.2) is 43.3 Å². The Labute approximate surface area is 164 Å². The van der Waals surface area contributed by atoms with Crippen LogP contribution >= 0.6 is 11.6 Å². The summed E-state index contributed by atoms with van der Waals surface area (Å²) in [5.74, 6) is 0.987. The summed E-state index contributed by atoms with van der Waals surface area (Å²) >= 11 is 6.39. The first-order valence-corrected chi connectivity index (χ1v) is 9.37. The number of rotatable bonds is 7. The highest BCUT2D eigenvalue weighted by molar-refractivity contribution is 6.33. The molecule has 0 spiro atoms. The fourth-order valence-corrected chi connectivity index (χ4v) is 3.50. The summed E-state index contributed by atoms with van der Waals surface area (Å²) in [5.41, 5.74) is 1.35. The molecule has 1 aromatic carbocycles. The predicted octanol–water partition coefficient (Wildman–Crippen LogP) is 3.31. The zero-order valence-corrected chi connectivity index (χ0v) is 16.3. The van der Waals surface area contributed by atoms with Crippen LogP contribution in [0.4, 0.5) is 5.82 Å². The molecule has 2 heterocycles. The second-order valence-corrected chi connectivity index (χ2v) is 7.04. The van der Waals surface area contributed by atoms with Crippen molar-refractivity contribution in [3.63, 3.8) is 0 Å². The van der Waals surface area contributed by atoms with Crippen molar-refractivity contribution in [3.05, 3.63) is 52.7 Å². The molecule has 7 heteroatoms. The van der Waals surface area contributed by atoms with Crippen molar-refractivity contribution >= 4 is 23.4 Å². The van der Waals surface area contributed by atoms with E-state index in [4.69, 9.17) is 21.1 Å². The number of ether oxygens (including phenoxy) is 2. The zero-order chi connectivity index (χ0) is 19.3. The number of carbonyl (C=O) groups is 1. The highest BCUT2D eigenvalue weighted by atomic mass is 35.5. The molecule has 2 N–H and O–H groups in total. The van der Waals surface area contributed by atoms with Gasteiger partial charge < -0.3 is 20.1 Å². The standard InChI is InChI=1S/C20H24ClN3O3/c1-3-27-19(25)15-10-17(21)18(23-12-15)24-20(8-9-22-13-20)11-14-4-6-16(26-2)7-5-14/h4-7,10,12,22H,3,8-9,11,13H2,1-2H3,(H,23,24)/t20-/m0/s1. The van der Waals surface area contributed by atoms with Gasteiger partial charge in [0, 0.05) is 12.7 Å². The van der Waals surface area contributed by atoms with E-state index >= 15 is 0 Å². The molecule has 3 rings (SSSR count). The van der Waals surface area contributed by atoms with Crippen molar-refractivity contribution < 1.29 is 14.3 Å². The molecule has 0 radical (unpaired) electrons. The van der Waals surface area contributed by atoms with E-state index in [2.05, 4.69) is 27.8 Å². The lowest BCUT2D eigenvalue weighted by atomic mass is 9.89. The van der Waals surface area contributed by atoms with E-state index in [1.807, 2.05) is 12.1 Å². The summed E-state index contributed by atoms with van der Waals surface area (Å²) in [5, 5.41) is 7.32. The van der Waals surface area contributed by atoms with Crippen LogP contribution in [0.25, 0.3) is 0 Å². The molecular formula is C20H24ClN3O3. The Balaban J connectivity index is 1.78. The van der Waals surface area contributed by atoms with E-state index in [0.29, 0.717) is 23.0 Å². The lowest BCUT2D eigenvalue weighted by Crippen LogP contribution is -2.43. The Morgan fingerprint density at radius 3 is 2.74 bits per heavy atom. The van der Waals surface area contributed by atoms with E-state index in [1.165, 1.54) is 11.8 Å². The SMILES string of the molecule is CCOC(=O)c1cnc(N[C@]2(Cc3ccc(OC)cc3)CCNC2)c(Cl)c1. The smallest absolute Gasteiger partial charge is 0.339 e. The highest BCUT2D eigenvalue weighted by Gasteiger charge is 2.35. The summed E-state index contributed by atoms with van der Waals surface area (Å²) in [6, 6.07) is 9.66. The summed E-state index contributed by atoms with van der Waals surface area (Å²) < 4.78 is 10.2. The number of aromatic nitrogens is 1. The first-order valence-electron chi connectivity index (χ1n) is 9.00. The van der Waals surface area contributed by atoms with Crippen LogP contribution in [0.1, 0.15) is 29.3 Å². The zero-order valence-electron chi connectivity index (χ0n) is 15.5. The van der Waals surface area contributed by atoms with Crippen molar-refractivity contribution in [2.45, 2.75) is 25.3 Å². The maximum atomic E-state index is 11.8. The molecule has 0 bridgehead atoms. The van der Waals surface area contributed by atoms with Gasteiger partial charge in [-0.3, -0.25) is 0 Å². The molecule has 1 aromatic heterocycles. The van der Waals surface area contributed by atoms with Gasteiger partial charge in [-0.15, -0.1) is 0 Å². The average Bonchev–Trinajstić information content (AvgIpc) is 3.12. The summed E-state index contributed by atoms with van der Waals surface area (Å²) in [6.45, 7) is 3.80. The Bertz CT molecular complexity index is 790. The van der Waals surface area contributed by atoms with Gasteiger partial charge in [0.1, 0.15) is 11.6 Å². The third-order valence-electron chi connectivity index (χ3n) is 4.68. The molecule has 1 atom stereocenters. The number of pyridine rings is 1. The quantitative estimate of drug-likeness (QED) is 0.708. The number of methoxy groups -OCH3 is 1. The second kappa shape index (κ2) is 8.59. The maximum Gasteiger partial charge on any atom is 0.339 e. The molecule has 1 saturated heterocycles. The van der Waals surface area contributed by atoms with Gasteiger partial charge in [0.2, 0.25) is 0 Å². The van der Waals surface area contributed by atoms with Crippen molar-refractivity contribution in [1.82, 2.24) is 10.3 Å². The minimum Gasteiger partial charge on any atom is -0.497 e. The van der Waals surface area contributed by atoms with Crippen molar-refractivity contribution in [1.29, 1.82) is 0 Å². The average molecular weight is 390 g/mol. The number of halogens is 1. The van der Waals surface area contributed by atoms with Gasteiger partial charge in [0.15, 0.2) is 0 Å². The first kappa shape index (κ1) is 19.5. The maximum absolute atomic E-state index is 11.8. The normalized spacial score (nSPS) is 18.9. The molecule has 0 unspecified atom stereocenters. The summed E-state index contributed by atoms with van der Waals surface area (Å²) in [4.78, 5) is 16.2. The van der Waals surface area contributed by atoms with Crippen LogP contribution in [0.3, 0.4) is 0 Å². The number of anilines is 1. The van der Waals surface area contributed by atoms with Crippen molar-refractivity contribution in [3.8, 4) is 5.75 Å². The lowest BCUT2D eigenvalue weighted by Gasteiger charge is -2.31. The Morgan fingerprint density at radius 2 is 2.15 bits per heavy atom. The first-order chi connectivity index (χ1) is 13.0. The van der Waals surface area contributed by atoms with E-state index in [0.717, 1.165) is 31.7 Å². The molecule has 0 aliphatic carbocycles. The number of nitrogens with one attached hydrogen (secondary N) is 2. The molecular weight excluding hydrogens is 366 g/mol. The van der Waals surface area contributed by atoms with Crippen LogP contribution in [0, 0.1) is 0 Å². The van der Waals surface area contributed by atoms with Gasteiger partial charge in [-0.05, 0) is 50.1 Å². The van der Waals surface area contributed by atoms with Crippen LogP contribution in [-0.2, 0) is 11.2 Å². The molecule has 1 aliphatic heterocycles. The summed E-state index contributed by atoms with van der Waals surface area (Å²) in [7, 11) is 1.66. The second-order valence-electron chi connectivity index (χ2n) is 6.63. The minimum absolute atomic E-state index is 0.198. The van der Waals surface area contributed by atoms with Crippen LogP contribution in [0.2, 0.25) is 5.02 Å². The summed E-state index contributed by atoms with van der Waals surface area (Å²) in [6.07, 6.45) is 3.26. The monoisotopic (exact) mass is 389 g/mol. The van der Waals surface area contributed by atoms with E-state index in [-0.39, 0.29) is 5.54 Å². The molecule has 0 amide bonds. The number of hydrogen-bond donors (Lipinski definition) is 2. The number of esters is 1. The molecule has 144 valence electrons. The molecule has 1 aliphatic rings. The third-order valence-corrected chi connectivity index (χ3v) is 4.97. The van der Waals surface area contributed by atoms with Gasteiger partial charge in [-0.2, -0.15) is 0 Å². The largest absolute Gasteiger partial charge is 0.497 e. The topological polar surface area (TPSA) is 72.5 Å². The van der Waals surface area contributed by atoms with Gasteiger partial charge in [-0.1, -0.05) is 23.7 Å². The van der Waals surface area contributed by atoms with Gasteiger partial charge >= 0.3 is 5.97 Å².